The first-order chi connectivity index (χ1) is 17.1. The number of H-pyrrole nitrogens is 1. The summed E-state index contributed by atoms with van der Waals surface area (Å²) in [6.45, 7) is 0.341. The van der Waals surface area contributed by atoms with Gasteiger partial charge in [-0.2, -0.15) is 0 Å². The van der Waals surface area contributed by atoms with Gasteiger partial charge in [0.2, 0.25) is 0 Å². The van der Waals surface area contributed by atoms with E-state index in [4.69, 9.17) is 0 Å². The van der Waals surface area contributed by atoms with E-state index >= 15 is 0 Å². The molecule has 0 radical (unpaired) electrons. The third kappa shape index (κ3) is 4.00. The Morgan fingerprint density at radius 3 is 2.46 bits per heavy atom. The molecule has 1 N–H and O–H groups in total. The van der Waals surface area contributed by atoms with Crippen molar-refractivity contribution in [1.29, 1.82) is 0 Å². The van der Waals surface area contributed by atoms with Crippen molar-refractivity contribution in [2.24, 2.45) is 0 Å². The van der Waals surface area contributed by atoms with Crippen molar-refractivity contribution in [1.82, 2.24) is 14.9 Å². The summed E-state index contributed by atoms with van der Waals surface area (Å²) in [5.74, 6) is 0.152. The van der Waals surface area contributed by atoms with E-state index in [1.54, 1.807) is 24.3 Å². The smallest absolute Gasteiger partial charge is 0.261 e. The van der Waals surface area contributed by atoms with Crippen molar-refractivity contribution in [2.45, 2.75) is 37.3 Å². The second-order valence-electron chi connectivity index (χ2n) is 8.90. The van der Waals surface area contributed by atoms with Crippen molar-refractivity contribution in [3.8, 4) is 11.1 Å². The maximum absolute atomic E-state index is 13.0. The van der Waals surface area contributed by atoms with Gasteiger partial charge in [0, 0.05) is 23.2 Å². The molecule has 4 aromatic rings. The second-order valence-corrected chi connectivity index (χ2v) is 10.8. The molecule has 2 aromatic carbocycles. The second kappa shape index (κ2) is 9.09. The van der Waals surface area contributed by atoms with E-state index in [9.17, 15) is 14.4 Å². The molecule has 0 unspecified atom stereocenters. The normalized spacial score (nSPS) is 15.0. The highest BCUT2D eigenvalue weighted by Gasteiger charge is 2.34. The molecule has 0 saturated heterocycles. The minimum Gasteiger partial charge on any atom is -0.301 e. The largest absolute Gasteiger partial charge is 0.301 e. The number of aromatic nitrogens is 2. The highest BCUT2D eigenvalue weighted by molar-refractivity contribution is 7.99. The van der Waals surface area contributed by atoms with Gasteiger partial charge in [-0.1, -0.05) is 42.1 Å². The average molecular weight is 502 g/mol. The lowest BCUT2D eigenvalue weighted by Crippen LogP contribution is -2.31. The Balaban J connectivity index is 1.14. The van der Waals surface area contributed by atoms with Gasteiger partial charge < -0.3 is 4.98 Å². The molecule has 0 bridgehead atoms. The van der Waals surface area contributed by atoms with E-state index in [1.807, 2.05) is 5.38 Å². The molecule has 2 aliphatic rings. The number of carbonyl (C=O) groups excluding carboxylic acids is 2. The van der Waals surface area contributed by atoms with E-state index < -0.39 is 0 Å². The van der Waals surface area contributed by atoms with Gasteiger partial charge in [-0.25, -0.2) is 4.98 Å². The van der Waals surface area contributed by atoms with Crippen LogP contribution in [0.2, 0.25) is 0 Å². The Kier molecular flexibility index (Phi) is 5.78. The zero-order valence-electron chi connectivity index (χ0n) is 19.0. The molecule has 0 fully saturated rings. The molecule has 0 spiro atoms. The van der Waals surface area contributed by atoms with Crippen LogP contribution in [-0.2, 0) is 12.8 Å². The minimum absolute atomic E-state index is 0.133. The number of imide groups is 1. The molecule has 0 atom stereocenters. The SMILES string of the molecule is O=C1c2ccccc2C(=O)N1CCCSc1nc2scc(-c3ccc4c(c3)CCCC4)c2c(=O)[nH]1. The predicted octanol–water partition coefficient (Wildman–Crippen LogP) is 5.31. The molecule has 3 heterocycles. The van der Waals surface area contributed by atoms with Crippen molar-refractivity contribution in [3.63, 3.8) is 0 Å². The fourth-order valence-corrected chi connectivity index (χ4v) is 6.74. The molecule has 0 saturated carbocycles. The number of thiophene rings is 1. The van der Waals surface area contributed by atoms with Gasteiger partial charge in [-0.15, -0.1) is 11.3 Å². The van der Waals surface area contributed by atoms with Gasteiger partial charge >= 0.3 is 0 Å². The number of nitrogens with zero attached hydrogens (tertiary/aromatic N) is 2. The number of thioether (sulfide) groups is 1. The predicted molar refractivity (Wildman–Crippen MR) is 139 cm³/mol. The van der Waals surface area contributed by atoms with Gasteiger partial charge in [0.05, 0.1) is 16.5 Å². The number of carbonyl (C=O) groups is 2. The third-order valence-electron chi connectivity index (χ3n) is 6.72. The summed E-state index contributed by atoms with van der Waals surface area (Å²) < 4.78 is 0. The quantitative estimate of drug-likeness (QED) is 0.168. The molecule has 35 heavy (non-hydrogen) atoms. The van der Waals surface area contributed by atoms with E-state index in [0.29, 0.717) is 40.4 Å². The van der Waals surface area contributed by atoms with Crippen LogP contribution in [0.15, 0.2) is 57.8 Å². The molecular formula is C27H23N3O3S2. The van der Waals surface area contributed by atoms with E-state index in [0.717, 1.165) is 28.8 Å². The molecule has 1 aliphatic heterocycles. The van der Waals surface area contributed by atoms with E-state index in [-0.39, 0.29) is 17.4 Å². The molecule has 2 amide bonds. The summed E-state index contributed by atoms with van der Waals surface area (Å²) in [6.07, 6.45) is 5.31. The maximum atomic E-state index is 13.0. The van der Waals surface area contributed by atoms with Crippen LogP contribution in [0.25, 0.3) is 21.3 Å². The Bertz CT molecular complexity index is 1500. The van der Waals surface area contributed by atoms with Crippen LogP contribution in [0.4, 0.5) is 0 Å². The molecule has 6 rings (SSSR count). The topological polar surface area (TPSA) is 83.1 Å². The monoisotopic (exact) mass is 501 g/mol. The Labute approximate surface area is 210 Å². The van der Waals surface area contributed by atoms with Crippen molar-refractivity contribution >= 4 is 45.1 Å². The van der Waals surface area contributed by atoms with Crippen LogP contribution >= 0.6 is 23.1 Å². The molecular weight excluding hydrogens is 478 g/mol. The first-order valence-corrected chi connectivity index (χ1v) is 13.7. The number of fused-ring (bicyclic) bond motifs is 3. The zero-order chi connectivity index (χ0) is 23.9. The van der Waals surface area contributed by atoms with Crippen LogP contribution in [0.3, 0.4) is 0 Å². The lowest BCUT2D eigenvalue weighted by atomic mass is 9.89. The van der Waals surface area contributed by atoms with Crippen LogP contribution in [0.1, 0.15) is 51.1 Å². The number of nitrogens with one attached hydrogen (secondary N) is 1. The van der Waals surface area contributed by atoms with Gasteiger partial charge in [-0.3, -0.25) is 19.3 Å². The summed E-state index contributed by atoms with van der Waals surface area (Å²) in [4.78, 5) is 47.6. The summed E-state index contributed by atoms with van der Waals surface area (Å²) in [5.41, 5.74) is 5.63. The highest BCUT2D eigenvalue weighted by atomic mass is 32.2. The summed E-state index contributed by atoms with van der Waals surface area (Å²) >= 11 is 2.92. The zero-order valence-corrected chi connectivity index (χ0v) is 20.6. The first kappa shape index (κ1) is 22.2. The number of rotatable bonds is 6. The Hall–Kier alpha value is -3.23. The number of hydrogen-bond donors (Lipinski definition) is 1. The van der Waals surface area contributed by atoms with Crippen molar-refractivity contribution < 1.29 is 9.59 Å². The summed E-state index contributed by atoms with van der Waals surface area (Å²) in [7, 11) is 0. The van der Waals surface area contributed by atoms with E-state index in [2.05, 4.69) is 28.2 Å². The maximum Gasteiger partial charge on any atom is 0.261 e. The summed E-state index contributed by atoms with van der Waals surface area (Å²) in [6, 6.07) is 13.5. The van der Waals surface area contributed by atoms with Crippen LogP contribution < -0.4 is 5.56 Å². The number of hydrogen-bond acceptors (Lipinski definition) is 6. The number of aryl methyl sites for hydroxylation is 2. The molecule has 6 nitrogen and oxygen atoms in total. The fourth-order valence-electron chi connectivity index (χ4n) is 4.94. The highest BCUT2D eigenvalue weighted by Crippen LogP contribution is 2.34. The van der Waals surface area contributed by atoms with E-state index in [1.165, 1.54) is 52.0 Å². The summed E-state index contributed by atoms with van der Waals surface area (Å²) in [5, 5.41) is 3.22. The fraction of sp³-hybridized carbons (Fsp3) is 0.259. The third-order valence-corrected chi connectivity index (χ3v) is 8.56. The lowest BCUT2D eigenvalue weighted by molar-refractivity contribution is 0.0655. The number of aromatic amines is 1. The molecule has 8 heteroatoms. The van der Waals surface area contributed by atoms with Gasteiger partial charge in [-0.05, 0) is 60.9 Å². The minimum atomic E-state index is -0.239. The van der Waals surface area contributed by atoms with Crippen LogP contribution in [0, 0.1) is 0 Å². The number of amides is 2. The van der Waals surface area contributed by atoms with Crippen molar-refractivity contribution in [3.05, 3.63) is 80.5 Å². The molecule has 1 aliphatic carbocycles. The molecule has 176 valence electrons. The van der Waals surface area contributed by atoms with Gasteiger partial charge in [0.15, 0.2) is 5.16 Å². The Morgan fingerprint density at radius 2 is 1.69 bits per heavy atom. The lowest BCUT2D eigenvalue weighted by Gasteiger charge is -2.16. The Morgan fingerprint density at radius 1 is 0.943 bits per heavy atom. The average Bonchev–Trinajstić information content (AvgIpc) is 3.42. The van der Waals surface area contributed by atoms with Crippen LogP contribution in [0.5, 0.6) is 0 Å². The molecule has 2 aromatic heterocycles. The number of benzene rings is 2. The van der Waals surface area contributed by atoms with Gasteiger partial charge in [0.1, 0.15) is 4.83 Å². The first-order valence-electron chi connectivity index (χ1n) is 11.8. The van der Waals surface area contributed by atoms with Gasteiger partial charge in [0.25, 0.3) is 17.4 Å². The standard InChI is InChI=1S/C27H23N3O3S2/c31-23-22-21(18-11-10-16-6-1-2-7-17(16)14-18)15-35-24(22)29-27(28-23)34-13-5-12-30-25(32)19-8-3-4-9-20(19)26(30)33/h3-4,8-11,14-15H,1-2,5-7,12-13H2,(H,28,29,31). The van der Waals surface area contributed by atoms with Crippen LogP contribution in [-0.4, -0.2) is 39.0 Å². The van der Waals surface area contributed by atoms with Crippen molar-refractivity contribution in [2.75, 3.05) is 12.3 Å².